The van der Waals surface area contributed by atoms with E-state index in [0.717, 1.165) is 41.0 Å². The van der Waals surface area contributed by atoms with Gasteiger partial charge >= 0.3 is 0 Å². The Kier molecular flexibility index (Phi) is 7.20. The van der Waals surface area contributed by atoms with E-state index in [1.807, 2.05) is 38.2 Å². The number of rotatable bonds is 6. The van der Waals surface area contributed by atoms with Crippen LogP contribution >= 0.6 is 34.8 Å². The van der Waals surface area contributed by atoms with Crippen LogP contribution in [0.1, 0.15) is 12.8 Å². The third-order valence-electron chi connectivity index (χ3n) is 6.39. The molecule has 2 aromatic carbocycles. The zero-order valence-electron chi connectivity index (χ0n) is 19.5. The summed E-state index contributed by atoms with van der Waals surface area (Å²) >= 11 is 18.8. The van der Waals surface area contributed by atoms with Crippen LogP contribution in [0.4, 0.5) is 5.82 Å². The molecule has 5 rings (SSSR count). The van der Waals surface area contributed by atoms with Crippen LogP contribution in [0.5, 0.6) is 0 Å². The van der Waals surface area contributed by atoms with E-state index in [1.54, 1.807) is 22.8 Å². The lowest BCUT2D eigenvalue weighted by Crippen LogP contribution is -2.42. The van der Waals surface area contributed by atoms with Gasteiger partial charge in [-0.1, -0.05) is 59.1 Å². The van der Waals surface area contributed by atoms with Gasteiger partial charge in [-0.3, -0.25) is 0 Å². The van der Waals surface area contributed by atoms with Gasteiger partial charge in [-0.05, 0) is 42.4 Å². The molecule has 1 unspecified atom stereocenters. The Bertz CT molecular complexity index is 1550. The number of nitrogens with one attached hydrogen (secondary N) is 1. The van der Waals surface area contributed by atoms with Gasteiger partial charge in [-0.2, -0.15) is 13.9 Å². The van der Waals surface area contributed by atoms with Crippen molar-refractivity contribution >= 4 is 69.6 Å². The van der Waals surface area contributed by atoms with Gasteiger partial charge < -0.3 is 5.32 Å². The lowest BCUT2D eigenvalue weighted by Gasteiger charge is -2.32. The van der Waals surface area contributed by atoms with Gasteiger partial charge in [0.2, 0.25) is 10.0 Å². The van der Waals surface area contributed by atoms with Crippen molar-refractivity contribution in [1.29, 1.82) is 0 Å². The van der Waals surface area contributed by atoms with Crippen molar-refractivity contribution in [3.63, 3.8) is 0 Å². The first-order chi connectivity index (χ1) is 17.3. The van der Waals surface area contributed by atoms with Crippen LogP contribution in [-0.4, -0.2) is 54.8 Å². The van der Waals surface area contributed by atoms with E-state index in [9.17, 15) is 8.42 Å². The Morgan fingerprint density at radius 2 is 1.86 bits per heavy atom. The molecule has 1 fully saturated rings. The monoisotopic (exact) mass is 561 g/mol. The Morgan fingerprint density at radius 3 is 2.67 bits per heavy atom. The minimum absolute atomic E-state index is 0.0394. The predicted molar refractivity (Wildman–Crippen MR) is 148 cm³/mol. The van der Waals surface area contributed by atoms with Crippen LogP contribution in [0.2, 0.25) is 15.1 Å². The number of piperidine rings is 1. The molecule has 36 heavy (non-hydrogen) atoms. The average molecular weight is 563 g/mol. The molecule has 0 radical (unpaired) electrons. The number of hydrogen-bond acceptors (Lipinski definition) is 5. The number of benzene rings is 2. The zero-order chi connectivity index (χ0) is 25.4. The normalized spacial score (nSPS) is 16.9. The molecule has 0 amide bonds. The van der Waals surface area contributed by atoms with Gasteiger partial charge in [-0.15, -0.1) is 0 Å². The summed E-state index contributed by atoms with van der Waals surface area (Å²) in [6.07, 6.45) is 3.42. The molecule has 1 saturated heterocycles. The lowest BCUT2D eigenvalue weighted by molar-refractivity contribution is 0.275. The van der Waals surface area contributed by atoms with Gasteiger partial charge in [0, 0.05) is 42.5 Å². The van der Waals surface area contributed by atoms with Gasteiger partial charge in [-0.25, -0.2) is 13.4 Å². The van der Waals surface area contributed by atoms with E-state index >= 15 is 0 Å². The molecule has 0 aliphatic carbocycles. The summed E-state index contributed by atoms with van der Waals surface area (Å²) in [7, 11) is -1.80. The second-order valence-electron chi connectivity index (χ2n) is 8.87. The molecule has 1 atom stereocenters. The Labute approximate surface area is 225 Å². The molecule has 186 valence electrons. The molecule has 0 bridgehead atoms. The maximum atomic E-state index is 13.3. The highest BCUT2D eigenvalue weighted by molar-refractivity contribution is 7.89. The summed E-state index contributed by atoms with van der Waals surface area (Å²) in [6, 6.07) is 14.2. The lowest BCUT2D eigenvalue weighted by atomic mass is 9.99. The molecule has 2 aromatic heterocycles. The van der Waals surface area contributed by atoms with Crippen molar-refractivity contribution < 1.29 is 8.42 Å². The van der Waals surface area contributed by atoms with Crippen LogP contribution in [0.3, 0.4) is 0 Å². The minimum Gasteiger partial charge on any atom is -0.370 e. The zero-order valence-corrected chi connectivity index (χ0v) is 22.5. The first-order valence-electron chi connectivity index (χ1n) is 11.5. The Balaban J connectivity index is 1.39. The fourth-order valence-electron chi connectivity index (χ4n) is 4.49. The quantitative estimate of drug-likeness (QED) is 0.358. The Hall–Kier alpha value is -2.30. The standard InChI is InChI=1S/C24H23BCl3N5O2S/c25-17-13-30-33-22(11-20(31-24(17)33)16-6-1-2-7-18(16)26)29-12-15-5-4-10-32(14-15)36(34,35)21-9-3-8-19(27)23(21)28/h1-3,6-9,11,13,15,29H,4-5,10,12,14,25H2. The van der Waals surface area contributed by atoms with Crippen LogP contribution in [0.15, 0.2) is 59.6 Å². The number of hydrogen-bond donors (Lipinski definition) is 1. The fraction of sp³-hybridized carbons (Fsp3) is 0.250. The van der Waals surface area contributed by atoms with E-state index in [1.165, 1.54) is 10.4 Å². The molecule has 7 nitrogen and oxygen atoms in total. The largest absolute Gasteiger partial charge is 0.370 e. The number of nitrogens with zero attached hydrogens (tertiary/aromatic N) is 4. The van der Waals surface area contributed by atoms with Crippen LogP contribution in [0, 0.1) is 5.92 Å². The second kappa shape index (κ2) is 10.2. The van der Waals surface area contributed by atoms with E-state index < -0.39 is 10.0 Å². The molecule has 1 aliphatic heterocycles. The smallest absolute Gasteiger partial charge is 0.244 e. The fourth-order valence-corrected chi connectivity index (χ4v) is 7.01. The molecular weight excluding hydrogens is 540 g/mol. The van der Waals surface area contributed by atoms with Crippen LogP contribution < -0.4 is 10.8 Å². The SMILES string of the molecule is Bc1cnn2c(NCC3CCCN(S(=O)(=O)c4cccc(Cl)c4Cl)C3)cc(-c3ccccc3Cl)nc12. The van der Waals surface area contributed by atoms with Crippen LogP contribution in [-0.2, 0) is 10.0 Å². The summed E-state index contributed by atoms with van der Waals surface area (Å²) in [5, 5.41) is 8.85. The highest BCUT2D eigenvalue weighted by Crippen LogP contribution is 2.33. The third kappa shape index (κ3) is 4.83. The number of halogens is 3. The first-order valence-corrected chi connectivity index (χ1v) is 14.1. The molecule has 12 heteroatoms. The van der Waals surface area contributed by atoms with Crippen molar-refractivity contribution in [2.75, 3.05) is 25.0 Å². The van der Waals surface area contributed by atoms with Crippen molar-refractivity contribution in [3.8, 4) is 11.3 Å². The van der Waals surface area contributed by atoms with Gasteiger partial charge in [0.15, 0.2) is 5.65 Å². The van der Waals surface area contributed by atoms with Crippen molar-refractivity contribution in [3.05, 3.63) is 69.8 Å². The molecule has 0 saturated carbocycles. The Morgan fingerprint density at radius 1 is 1.08 bits per heavy atom. The summed E-state index contributed by atoms with van der Waals surface area (Å²) in [4.78, 5) is 4.82. The molecule has 1 N–H and O–H groups in total. The highest BCUT2D eigenvalue weighted by Gasteiger charge is 2.32. The third-order valence-corrected chi connectivity index (χ3v) is 9.55. The van der Waals surface area contributed by atoms with Crippen molar-refractivity contribution in [1.82, 2.24) is 18.9 Å². The minimum atomic E-state index is -3.76. The average Bonchev–Trinajstić information content (AvgIpc) is 3.25. The summed E-state index contributed by atoms with van der Waals surface area (Å²) in [6.45, 7) is 1.38. The van der Waals surface area contributed by atoms with Gasteiger partial charge in [0.05, 0.1) is 15.7 Å². The number of sulfonamides is 1. The van der Waals surface area contributed by atoms with E-state index in [4.69, 9.17) is 39.8 Å². The van der Waals surface area contributed by atoms with E-state index in [2.05, 4.69) is 10.4 Å². The molecule has 0 spiro atoms. The topological polar surface area (TPSA) is 79.6 Å². The van der Waals surface area contributed by atoms with Crippen molar-refractivity contribution in [2.45, 2.75) is 17.7 Å². The number of anilines is 1. The molecule has 1 aliphatic rings. The van der Waals surface area contributed by atoms with Gasteiger partial charge in [0.25, 0.3) is 0 Å². The maximum absolute atomic E-state index is 13.3. The predicted octanol–water partition coefficient (Wildman–Crippen LogP) is 4.13. The van der Waals surface area contributed by atoms with Gasteiger partial charge in [0.1, 0.15) is 18.6 Å². The maximum Gasteiger partial charge on any atom is 0.244 e. The molecule has 3 heterocycles. The summed E-state index contributed by atoms with van der Waals surface area (Å²) < 4.78 is 29.9. The second-order valence-corrected chi connectivity index (χ2v) is 12.0. The summed E-state index contributed by atoms with van der Waals surface area (Å²) in [5.41, 5.74) is 3.25. The van der Waals surface area contributed by atoms with Crippen molar-refractivity contribution in [2.24, 2.45) is 5.92 Å². The molecular formula is C24H23BCl3N5O2S. The van der Waals surface area contributed by atoms with E-state index in [-0.39, 0.29) is 20.9 Å². The number of fused-ring (bicyclic) bond motifs is 1. The molecule has 4 aromatic rings. The number of aromatic nitrogens is 3. The van der Waals surface area contributed by atoms with Crippen LogP contribution in [0.25, 0.3) is 16.9 Å². The van der Waals surface area contributed by atoms with E-state index in [0.29, 0.717) is 24.7 Å². The summed E-state index contributed by atoms with van der Waals surface area (Å²) in [5.74, 6) is 0.857. The highest BCUT2D eigenvalue weighted by atomic mass is 35.5. The first kappa shape index (κ1) is 25.4.